The highest BCUT2D eigenvalue weighted by molar-refractivity contribution is 4.91. The van der Waals surface area contributed by atoms with E-state index in [1.54, 1.807) is 0 Å². The van der Waals surface area contributed by atoms with E-state index in [-0.39, 0.29) is 0 Å². The first-order valence-electron chi connectivity index (χ1n) is 3.41. The predicted molar refractivity (Wildman–Crippen MR) is 39.0 cm³/mol. The highest BCUT2D eigenvalue weighted by atomic mass is 15.2. The van der Waals surface area contributed by atoms with Gasteiger partial charge in [-0.05, 0) is 33.5 Å². The largest absolute Gasteiger partial charge is 0.458 e. The number of rotatable bonds is 1. The van der Waals surface area contributed by atoms with Crippen molar-refractivity contribution in [2.24, 2.45) is 0 Å². The van der Waals surface area contributed by atoms with Gasteiger partial charge in [-0.15, -0.1) is 0 Å². The van der Waals surface area contributed by atoms with Gasteiger partial charge in [0.05, 0.1) is 0 Å². The van der Waals surface area contributed by atoms with Crippen molar-refractivity contribution in [1.82, 2.24) is 10.2 Å². The Morgan fingerprint density at radius 2 is 2.33 bits per heavy atom. The summed E-state index contributed by atoms with van der Waals surface area (Å²) in [6.45, 7) is 4.43. The first-order chi connectivity index (χ1) is 4.16. The zero-order valence-electron chi connectivity index (χ0n) is 6.28. The van der Waals surface area contributed by atoms with E-state index in [9.17, 15) is 0 Å². The number of nitrogens with one attached hydrogen (secondary N) is 1. The van der Waals surface area contributed by atoms with Gasteiger partial charge in [-0.2, -0.15) is 0 Å². The van der Waals surface area contributed by atoms with Crippen LogP contribution in [0.3, 0.4) is 0 Å². The molecule has 0 unspecified atom stereocenters. The highest BCUT2D eigenvalue weighted by Crippen LogP contribution is 2.18. The monoisotopic (exact) mass is 127 g/mol. The standard InChI is InChI=1S/C7H15N2/c1-7(8-2)4-5-9(3)6-7/h8H,3-6H2,1-2H3/q-1/t7-/m1/s1. The molecule has 1 rings (SSSR count). The van der Waals surface area contributed by atoms with Crippen molar-refractivity contribution in [1.29, 1.82) is 0 Å². The Bertz CT molecular complexity index is 103. The molecular weight excluding hydrogens is 112 g/mol. The number of likely N-dealkylation sites (tertiary alicyclic amines) is 1. The second-order valence-corrected chi connectivity index (χ2v) is 3.11. The average molecular weight is 127 g/mol. The number of hydrogen-bond donors (Lipinski definition) is 1. The van der Waals surface area contributed by atoms with Crippen molar-refractivity contribution in [3.8, 4) is 0 Å². The van der Waals surface area contributed by atoms with Crippen LogP contribution in [0.2, 0.25) is 0 Å². The summed E-state index contributed by atoms with van der Waals surface area (Å²) in [7, 11) is 5.89. The Morgan fingerprint density at radius 1 is 1.67 bits per heavy atom. The Hall–Kier alpha value is -0.0800. The SMILES string of the molecule is [CH2-]N1CC[C@@](C)(NC)C1. The maximum atomic E-state index is 3.87. The Balaban J connectivity index is 2.45. The van der Waals surface area contributed by atoms with Crippen LogP contribution in [-0.2, 0) is 0 Å². The van der Waals surface area contributed by atoms with Crippen LogP contribution in [-0.4, -0.2) is 30.6 Å². The molecular formula is C7H15N2-. The molecule has 2 nitrogen and oxygen atoms in total. The first-order valence-corrected chi connectivity index (χ1v) is 3.41. The number of nitrogens with zero attached hydrogens (tertiary/aromatic N) is 1. The van der Waals surface area contributed by atoms with E-state index in [1.807, 2.05) is 7.05 Å². The summed E-state index contributed by atoms with van der Waals surface area (Å²) >= 11 is 0. The minimum Gasteiger partial charge on any atom is -0.458 e. The van der Waals surface area contributed by atoms with Crippen LogP contribution < -0.4 is 5.32 Å². The van der Waals surface area contributed by atoms with Crippen molar-refractivity contribution in [3.63, 3.8) is 0 Å². The Kier molecular flexibility index (Phi) is 1.78. The highest BCUT2D eigenvalue weighted by Gasteiger charge is 2.26. The van der Waals surface area contributed by atoms with Crippen LogP contribution in [0, 0.1) is 7.05 Å². The molecule has 1 saturated heterocycles. The molecule has 0 bridgehead atoms. The second-order valence-electron chi connectivity index (χ2n) is 3.11. The maximum Gasteiger partial charge on any atom is 0.0264 e. The lowest BCUT2D eigenvalue weighted by molar-refractivity contribution is 0.370. The van der Waals surface area contributed by atoms with Gasteiger partial charge in [-0.1, -0.05) is 0 Å². The zero-order valence-corrected chi connectivity index (χ0v) is 6.28. The summed E-state index contributed by atoms with van der Waals surface area (Å²) in [6, 6.07) is 0. The molecule has 0 aliphatic carbocycles. The lowest BCUT2D eigenvalue weighted by atomic mass is 10.0. The fraction of sp³-hybridized carbons (Fsp3) is 0.857. The molecule has 0 saturated carbocycles. The van der Waals surface area contributed by atoms with Crippen LogP contribution in [0.25, 0.3) is 0 Å². The minimum atomic E-state index is 0.321. The molecule has 54 valence electrons. The molecule has 0 amide bonds. The van der Waals surface area contributed by atoms with Gasteiger partial charge in [0, 0.05) is 5.54 Å². The van der Waals surface area contributed by atoms with Crippen molar-refractivity contribution < 1.29 is 0 Å². The van der Waals surface area contributed by atoms with Crippen molar-refractivity contribution >= 4 is 0 Å². The topological polar surface area (TPSA) is 15.3 Å². The van der Waals surface area contributed by atoms with E-state index in [0.29, 0.717) is 5.54 Å². The van der Waals surface area contributed by atoms with Gasteiger partial charge in [0.25, 0.3) is 0 Å². The summed E-state index contributed by atoms with van der Waals surface area (Å²) in [5.41, 5.74) is 0.321. The zero-order chi connectivity index (χ0) is 6.91. The van der Waals surface area contributed by atoms with E-state index in [4.69, 9.17) is 0 Å². The molecule has 2 heteroatoms. The maximum absolute atomic E-state index is 3.87. The molecule has 0 aromatic rings. The van der Waals surface area contributed by atoms with Crippen molar-refractivity contribution in [2.45, 2.75) is 18.9 Å². The molecule has 1 atom stereocenters. The molecule has 1 fully saturated rings. The molecule has 0 aromatic carbocycles. The van der Waals surface area contributed by atoms with Gasteiger partial charge in [0.1, 0.15) is 0 Å². The molecule has 9 heavy (non-hydrogen) atoms. The van der Waals surface area contributed by atoms with Gasteiger partial charge < -0.3 is 10.2 Å². The normalized spacial score (nSPS) is 37.7. The van der Waals surface area contributed by atoms with Crippen LogP contribution in [0.1, 0.15) is 13.3 Å². The van der Waals surface area contributed by atoms with Gasteiger partial charge in [-0.25, -0.2) is 0 Å². The summed E-state index contributed by atoms with van der Waals surface area (Å²) < 4.78 is 0. The van der Waals surface area contributed by atoms with E-state index in [1.165, 1.54) is 6.42 Å². The van der Waals surface area contributed by atoms with E-state index in [2.05, 4.69) is 24.2 Å². The summed E-state index contributed by atoms with van der Waals surface area (Å²) in [4.78, 5) is 2.11. The third-order valence-corrected chi connectivity index (χ3v) is 2.16. The molecule has 1 heterocycles. The van der Waals surface area contributed by atoms with Gasteiger partial charge >= 0.3 is 0 Å². The predicted octanol–water partition coefficient (Wildman–Crippen LogP) is 0.462. The van der Waals surface area contributed by atoms with E-state index in [0.717, 1.165) is 13.1 Å². The Labute approximate surface area is 57.2 Å². The quantitative estimate of drug-likeness (QED) is 0.515. The van der Waals surface area contributed by atoms with Crippen molar-refractivity contribution in [2.75, 3.05) is 20.1 Å². The second kappa shape index (κ2) is 2.27. The third-order valence-electron chi connectivity index (χ3n) is 2.16. The fourth-order valence-electron chi connectivity index (χ4n) is 1.26. The smallest absolute Gasteiger partial charge is 0.0264 e. The minimum absolute atomic E-state index is 0.321. The van der Waals surface area contributed by atoms with Gasteiger partial charge in [-0.3, -0.25) is 7.05 Å². The molecule has 1 aliphatic heterocycles. The Morgan fingerprint density at radius 3 is 2.56 bits per heavy atom. The summed E-state index contributed by atoms with van der Waals surface area (Å²) in [6.07, 6.45) is 1.22. The van der Waals surface area contributed by atoms with Gasteiger partial charge in [0.15, 0.2) is 0 Å². The lowest BCUT2D eigenvalue weighted by Gasteiger charge is -2.25. The molecule has 1 N–H and O–H groups in total. The molecule has 1 aliphatic rings. The fourth-order valence-corrected chi connectivity index (χ4v) is 1.26. The molecule has 0 radical (unpaired) electrons. The first kappa shape index (κ1) is 7.03. The average Bonchev–Trinajstić information content (AvgIpc) is 2.13. The van der Waals surface area contributed by atoms with Crippen LogP contribution in [0.4, 0.5) is 0 Å². The molecule has 0 spiro atoms. The number of hydrogen-bond acceptors (Lipinski definition) is 2. The van der Waals surface area contributed by atoms with Crippen LogP contribution in [0.5, 0.6) is 0 Å². The van der Waals surface area contributed by atoms with E-state index >= 15 is 0 Å². The van der Waals surface area contributed by atoms with Crippen LogP contribution >= 0.6 is 0 Å². The van der Waals surface area contributed by atoms with E-state index < -0.39 is 0 Å². The summed E-state index contributed by atoms with van der Waals surface area (Å²) in [5.74, 6) is 0. The van der Waals surface area contributed by atoms with Crippen molar-refractivity contribution in [3.05, 3.63) is 7.05 Å². The summed E-state index contributed by atoms with van der Waals surface area (Å²) in [5, 5.41) is 3.29. The van der Waals surface area contributed by atoms with Gasteiger partial charge in [0.2, 0.25) is 0 Å². The third kappa shape index (κ3) is 1.43. The lowest BCUT2D eigenvalue weighted by Crippen LogP contribution is -2.41. The number of likely N-dealkylation sites (N-methyl/N-ethyl adjacent to an activating group) is 1. The molecule has 0 aromatic heterocycles. The van der Waals surface area contributed by atoms with Crippen LogP contribution in [0.15, 0.2) is 0 Å².